The van der Waals surface area contributed by atoms with Gasteiger partial charge in [-0.3, -0.25) is 0 Å². The van der Waals surface area contributed by atoms with E-state index in [0.29, 0.717) is 5.11 Å². The number of thioether (sulfide) groups is 1. The number of aryl methyl sites for hydroxylation is 1. The van der Waals surface area contributed by atoms with Crippen molar-refractivity contribution in [1.29, 1.82) is 0 Å². The number of thiocarbonyl (C=S) groups is 1. The summed E-state index contributed by atoms with van der Waals surface area (Å²) in [5.41, 5.74) is 3.67. The molecule has 0 radical (unpaired) electrons. The molecule has 0 fully saturated rings. The summed E-state index contributed by atoms with van der Waals surface area (Å²) in [4.78, 5) is 0. The van der Waals surface area contributed by atoms with Crippen molar-refractivity contribution in [2.75, 3.05) is 17.6 Å². The molecule has 0 saturated heterocycles. The Balaban J connectivity index is 1.54. The molecule has 22 heavy (non-hydrogen) atoms. The molecule has 0 aliphatic carbocycles. The second kappa shape index (κ2) is 9.49. The van der Waals surface area contributed by atoms with Crippen LogP contribution in [0.1, 0.15) is 17.5 Å². The summed E-state index contributed by atoms with van der Waals surface area (Å²) >= 11 is 7.25. The van der Waals surface area contributed by atoms with Gasteiger partial charge < -0.3 is 10.6 Å². The highest BCUT2D eigenvalue weighted by atomic mass is 32.2. The molecule has 116 valence electrons. The van der Waals surface area contributed by atoms with E-state index in [1.165, 1.54) is 11.1 Å². The summed E-state index contributed by atoms with van der Waals surface area (Å²) in [7, 11) is 0. The molecular formula is C18H22N2S2. The molecule has 0 heterocycles. The molecule has 0 aliphatic heterocycles. The van der Waals surface area contributed by atoms with Crippen LogP contribution < -0.4 is 10.6 Å². The van der Waals surface area contributed by atoms with Gasteiger partial charge >= 0.3 is 0 Å². The molecule has 0 bridgehead atoms. The second-order valence-corrected chi connectivity index (χ2v) is 6.65. The van der Waals surface area contributed by atoms with Crippen molar-refractivity contribution < 1.29 is 0 Å². The molecule has 2 aromatic carbocycles. The number of rotatable bonds is 7. The smallest absolute Gasteiger partial charge is 0.170 e. The lowest BCUT2D eigenvalue weighted by Crippen LogP contribution is -2.29. The fourth-order valence-electron chi connectivity index (χ4n) is 1.95. The Bertz CT molecular complexity index is 567. The van der Waals surface area contributed by atoms with Crippen molar-refractivity contribution in [2.45, 2.75) is 19.1 Å². The second-order valence-electron chi connectivity index (χ2n) is 5.14. The van der Waals surface area contributed by atoms with Crippen molar-refractivity contribution in [1.82, 2.24) is 5.32 Å². The molecule has 2 nitrogen and oxygen atoms in total. The molecule has 2 aromatic rings. The quantitative estimate of drug-likeness (QED) is 0.572. The molecule has 0 atom stereocenters. The van der Waals surface area contributed by atoms with E-state index < -0.39 is 0 Å². The molecule has 0 saturated carbocycles. The average Bonchev–Trinajstić information content (AvgIpc) is 2.54. The lowest BCUT2D eigenvalue weighted by molar-refractivity contribution is 0.854. The minimum atomic E-state index is 0.692. The first-order valence-corrected chi connectivity index (χ1v) is 9.03. The van der Waals surface area contributed by atoms with Gasteiger partial charge in [-0.25, -0.2) is 0 Å². The fourth-order valence-corrected chi connectivity index (χ4v) is 3.09. The first-order chi connectivity index (χ1) is 10.7. The zero-order valence-electron chi connectivity index (χ0n) is 12.8. The van der Waals surface area contributed by atoms with Crippen LogP contribution in [0, 0.1) is 6.92 Å². The summed E-state index contributed by atoms with van der Waals surface area (Å²) in [6.07, 6.45) is 1.10. The third-order valence-electron chi connectivity index (χ3n) is 3.17. The highest BCUT2D eigenvalue weighted by molar-refractivity contribution is 7.98. The van der Waals surface area contributed by atoms with E-state index in [2.05, 4.69) is 60.0 Å². The van der Waals surface area contributed by atoms with Crippen LogP contribution in [0.3, 0.4) is 0 Å². The SMILES string of the molecule is Cc1ccc(NC(=S)NCCCSCc2ccccc2)cc1. The van der Waals surface area contributed by atoms with Gasteiger partial charge in [0.25, 0.3) is 0 Å². The molecule has 0 amide bonds. The zero-order chi connectivity index (χ0) is 15.6. The molecule has 0 aliphatic rings. The highest BCUT2D eigenvalue weighted by Crippen LogP contribution is 2.12. The third kappa shape index (κ3) is 6.50. The largest absolute Gasteiger partial charge is 0.362 e. The number of anilines is 1. The maximum atomic E-state index is 5.29. The van der Waals surface area contributed by atoms with Crippen LogP contribution in [0.15, 0.2) is 54.6 Å². The van der Waals surface area contributed by atoms with Gasteiger partial charge in [-0.2, -0.15) is 11.8 Å². The van der Waals surface area contributed by atoms with Gasteiger partial charge in [0.2, 0.25) is 0 Å². The Morgan fingerprint density at radius 2 is 1.77 bits per heavy atom. The Labute approximate surface area is 142 Å². The monoisotopic (exact) mass is 330 g/mol. The molecule has 0 aromatic heterocycles. The van der Waals surface area contributed by atoms with Gasteiger partial charge in [0.05, 0.1) is 0 Å². The molecule has 2 N–H and O–H groups in total. The van der Waals surface area contributed by atoms with Crippen molar-refractivity contribution in [2.24, 2.45) is 0 Å². The van der Waals surface area contributed by atoms with Crippen LogP contribution in [0.4, 0.5) is 5.69 Å². The molecule has 4 heteroatoms. The summed E-state index contributed by atoms with van der Waals surface area (Å²) in [6, 6.07) is 18.8. The van der Waals surface area contributed by atoms with Gasteiger partial charge in [-0.15, -0.1) is 0 Å². The lowest BCUT2D eigenvalue weighted by Gasteiger charge is -2.10. The Kier molecular flexibility index (Phi) is 7.26. The maximum absolute atomic E-state index is 5.29. The highest BCUT2D eigenvalue weighted by Gasteiger charge is 1.97. The van der Waals surface area contributed by atoms with Gasteiger partial charge in [0, 0.05) is 18.0 Å². The Hall–Kier alpha value is -1.52. The molecule has 0 spiro atoms. The van der Waals surface area contributed by atoms with Crippen molar-refractivity contribution in [3.05, 3.63) is 65.7 Å². The number of hydrogen-bond donors (Lipinski definition) is 2. The third-order valence-corrected chi connectivity index (χ3v) is 4.53. The Morgan fingerprint density at radius 1 is 1.05 bits per heavy atom. The summed E-state index contributed by atoms with van der Waals surface area (Å²) in [6.45, 7) is 2.98. The van der Waals surface area contributed by atoms with E-state index in [9.17, 15) is 0 Å². The maximum Gasteiger partial charge on any atom is 0.170 e. The van der Waals surface area contributed by atoms with E-state index in [4.69, 9.17) is 12.2 Å². The van der Waals surface area contributed by atoms with Gasteiger partial charge in [-0.1, -0.05) is 48.0 Å². The van der Waals surface area contributed by atoms with Crippen LogP contribution in [0.25, 0.3) is 0 Å². The van der Waals surface area contributed by atoms with E-state index in [0.717, 1.165) is 30.2 Å². The van der Waals surface area contributed by atoms with E-state index >= 15 is 0 Å². The molecule has 2 rings (SSSR count). The topological polar surface area (TPSA) is 24.1 Å². The lowest BCUT2D eigenvalue weighted by atomic mass is 10.2. The normalized spacial score (nSPS) is 10.2. The number of hydrogen-bond acceptors (Lipinski definition) is 2. The fraction of sp³-hybridized carbons (Fsp3) is 0.278. The standard InChI is InChI=1S/C18H22N2S2/c1-15-8-10-17(11-9-15)20-18(21)19-12-5-13-22-14-16-6-3-2-4-7-16/h2-4,6-11H,5,12-14H2,1H3,(H2,19,20,21). The molecule has 0 unspecified atom stereocenters. The number of benzene rings is 2. The van der Waals surface area contributed by atoms with E-state index in [1.54, 1.807) is 0 Å². The zero-order valence-corrected chi connectivity index (χ0v) is 14.5. The van der Waals surface area contributed by atoms with Crippen LogP contribution in [0.5, 0.6) is 0 Å². The van der Waals surface area contributed by atoms with Crippen LogP contribution in [-0.2, 0) is 5.75 Å². The summed E-state index contributed by atoms with van der Waals surface area (Å²) in [5, 5.41) is 7.14. The van der Waals surface area contributed by atoms with Crippen molar-refractivity contribution >= 4 is 34.8 Å². The number of nitrogens with one attached hydrogen (secondary N) is 2. The van der Waals surface area contributed by atoms with Crippen molar-refractivity contribution in [3.8, 4) is 0 Å². The first kappa shape index (κ1) is 16.8. The minimum Gasteiger partial charge on any atom is -0.362 e. The van der Waals surface area contributed by atoms with Crippen LogP contribution in [0.2, 0.25) is 0 Å². The predicted molar refractivity (Wildman–Crippen MR) is 103 cm³/mol. The molecular weight excluding hydrogens is 308 g/mol. The summed E-state index contributed by atoms with van der Waals surface area (Å²) in [5.74, 6) is 2.21. The van der Waals surface area contributed by atoms with Gasteiger partial charge in [0.1, 0.15) is 0 Å². The minimum absolute atomic E-state index is 0.692. The van der Waals surface area contributed by atoms with E-state index in [-0.39, 0.29) is 0 Å². The first-order valence-electron chi connectivity index (χ1n) is 7.47. The summed E-state index contributed by atoms with van der Waals surface area (Å²) < 4.78 is 0. The van der Waals surface area contributed by atoms with E-state index in [1.807, 2.05) is 23.9 Å². The van der Waals surface area contributed by atoms with Crippen molar-refractivity contribution in [3.63, 3.8) is 0 Å². The van der Waals surface area contributed by atoms with Gasteiger partial charge in [-0.05, 0) is 49.0 Å². The van der Waals surface area contributed by atoms with Gasteiger partial charge in [0.15, 0.2) is 5.11 Å². The Morgan fingerprint density at radius 3 is 2.50 bits per heavy atom. The predicted octanol–water partition coefficient (Wildman–Crippen LogP) is 4.60. The van der Waals surface area contributed by atoms with Crippen LogP contribution in [-0.4, -0.2) is 17.4 Å². The average molecular weight is 331 g/mol. The van der Waals surface area contributed by atoms with Crippen LogP contribution >= 0.6 is 24.0 Å².